The van der Waals surface area contributed by atoms with Gasteiger partial charge in [0.25, 0.3) is 0 Å². The third-order valence-corrected chi connectivity index (χ3v) is 3.66. The van der Waals surface area contributed by atoms with Gasteiger partial charge in [0, 0.05) is 11.3 Å². The number of hydrogen-bond donors (Lipinski definition) is 1. The summed E-state index contributed by atoms with van der Waals surface area (Å²) in [6, 6.07) is 5.29. The summed E-state index contributed by atoms with van der Waals surface area (Å²) < 4.78 is 37.8. The quantitative estimate of drug-likeness (QED) is 0.836. The highest BCUT2D eigenvalue weighted by Crippen LogP contribution is 2.30. The Hall–Kier alpha value is -1.88. The van der Waals surface area contributed by atoms with E-state index in [9.17, 15) is 13.2 Å². The molecule has 0 amide bonds. The van der Waals surface area contributed by atoms with Crippen LogP contribution in [0.5, 0.6) is 0 Å². The monoisotopic (exact) mass is 292 g/mol. The summed E-state index contributed by atoms with van der Waals surface area (Å²) in [7, 11) is 0. The molecule has 2 aliphatic rings. The van der Waals surface area contributed by atoms with Crippen molar-refractivity contribution in [3.05, 3.63) is 53.6 Å². The Bertz CT molecular complexity index is 609. The second-order valence-corrected chi connectivity index (χ2v) is 5.15. The van der Waals surface area contributed by atoms with Crippen molar-refractivity contribution in [2.75, 3.05) is 6.54 Å². The van der Waals surface area contributed by atoms with Crippen molar-refractivity contribution >= 4 is 11.4 Å². The molecule has 1 atom stereocenters. The molecule has 0 saturated carbocycles. The Morgan fingerprint density at radius 2 is 1.90 bits per heavy atom. The average Bonchev–Trinajstić information content (AvgIpc) is 2.68. The first kappa shape index (κ1) is 14.1. The van der Waals surface area contributed by atoms with Crippen LogP contribution in [0.1, 0.15) is 24.0 Å². The van der Waals surface area contributed by atoms with E-state index in [0.29, 0.717) is 11.3 Å². The van der Waals surface area contributed by atoms with Crippen molar-refractivity contribution in [1.82, 2.24) is 5.32 Å². The molecule has 0 bridgehead atoms. The molecule has 110 valence electrons. The first-order chi connectivity index (χ1) is 10.0. The number of fused-ring (bicyclic) bond motifs is 1. The lowest BCUT2D eigenvalue weighted by atomic mass is 10.0. The average molecular weight is 292 g/mol. The van der Waals surface area contributed by atoms with Gasteiger partial charge in [0.15, 0.2) is 0 Å². The van der Waals surface area contributed by atoms with Crippen molar-refractivity contribution in [2.24, 2.45) is 4.99 Å². The summed E-state index contributed by atoms with van der Waals surface area (Å²) in [6.07, 6.45) is 3.43. The molecule has 0 spiro atoms. The van der Waals surface area contributed by atoms with Gasteiger partial charge in [-0.2, -0.15) is 13.2 Å². The Balaban J connectivity index is 1.89. The number of nitrogens with one attached hydrogen (secondary N) is 1. The van der Waals surface area contributed by atoms with E-state index in [4.69, 9.17) is 0 Å². The van der Waals surface area contributed by atoms with Crippen LogP contribution in [-0.2, 0) is 6.18 Å². The van der Waals surface area contributed by atoms with Crippen LogP contribution in [0.3, 0.4) is 0 Å². The minimum absolute atomic E-state index is 0.141. The molecule has 2 heterocycles. The van der Waals surface area contributed by atoms with Crippen molar-refractivity contribution in [3.8, 4) is 0 Å². The Morgan fingerprint density at radius 3 is 2.62 bits per heavy atom. The van der Waals surface area contributed by atoms with Gasteiger partial charge in [-0.1, -0.05) is 24.3 Å². The van der Waals surface area contributed by atoms with E-state index in [1.807, 2.05) is 18.2 Å². The summed E-state index contributed by atoms with van der Waals surface area (Å²) in [4.78, 5) is 4.63. The smallest absolute Gasteiger partial charge is 0.306 e. The van der Waals surface area contributed by atoms with Crippen LogP contribution in [0.15, 0.2) is 47.5 Å². The summed E-state index contributed by atoms with van der Waals surface area (Å²) in [5, 5.41) is 3.36. The van der Waals surface area contributed by atoms with E-state index < -0.39 is 11.7 Å². The van der Waals surface area contributed by atoms with Crippen molar-refractivity contribution < 1.29 is 13.2 Å². The maximum atomic E-state index is 12.6. The molecule has 2 nitrogen and oxygen atoms in total. The largest absolute Gasteiger partial charge is 0.416 e. The molecule has 1 unspecified atom stereocenters. The minimum atomic E-state index is -4.31. The van der Waals surface area contributed by atoms with Gasteiger partial charge in [-0.3, -0.25) is 4.99 Å². The molecular formula is C16H15F3N2. The van der Waals surface area contributed by atoms with Crippen LogP contribution in [0.25, 0.3) is 5.70 Å². The summed E-state index contributed by atoms with van der Waals surface area (Å²) in [5.41, 5.74) is 1.81. The number of aliphatic imine (C=N–C) groups is 1. The molecule has 5 heteroatoms. The van der Waals surface area contributed by atoms with Crippen LogP contribution in [0.2, 0.25) is 0 Å². The molecule has 0 aliphatic carbocycles. The van der Waals surface area contributed by atoms with Gasteiger partial charge in [-0.15, -0.1) is 0 Å². The number of benzene rings is 1. The molecule has 1 N–H and O–H groups in total. The number of hydrogen-bond acceptors (Lipinski definition) is 2. The lowest BCUT2D eigenvalue weighted by Crippen LogP contribution is -2.40. The standard InChI is InChI=1S/C16H15F3N2/c17-16(18,19)12-8-6-11(7-9-12)13-3-1-4-14-15(21-13)5-2-10-20-14/h1,3-4,6-9,14,20H,2,5,10H2. The molecule has 0 radical (unpaired) electrons. The van der Waals surface area contributed by atoms with Crippen LogP contribution >= 0.6 is 0 Å². The number of nitrogens with zero attached hydrogens (tertiary/aromatic N) is 1. The first-order valence-electron chi connectivity index (χ1n) is 6.91. The molecule has 3 rings (SSSR count). The van der Waals surface area contributed by atoms with E-state index in [1.165, 1.54) is 12.1 Å². The minimum Gasteiger partial charge on any atom is -0.306 e. The predicted octanol–water partition coefficient (Wildman–Crippen LogP) is 3.81. The maximum absolute atomic E-state index is 12.6. The molecule has 21 heavy (non-hydrogen) atoms. The molecule has 1 saturated heterocycles. The molecule has 1 aromatic rings. The Morgan fingerprint density at radius 1 is 1.14 bits per heavy atom. The third kappa shape index (κ3) is 3.08. The van der Waals surface area contributed by atoms with Gasteiger partial charge in [-0.25, -0.2) is 0 Å². The van der Waals surface area contributed by atoms with E-state index in [2.05, 4.69) is 10.3 Å². The lowest BCUT2D eigenvalue weighted by Gasteiger charge is -2.22. The summed E-state index contributed by atoms with van der Waals surface area (Å²) in [6.45, 7) is 0.962. The fourth-order valence-corrected chi connectivity index (χ4v) is 2.55. The highest BCUT2D eigenvalue weighted by atomic mass is 19.4. The van der Waals surface area contributed by atoms with Crippen LogP contribution < -0.4 is 5.32 Å². The second-order valence-electron chi connectivity index (χ2n) is 5.15. The van der Waals surface area contributed by atoms with Crippen molar-refractivity contribution in [1.29, 1.82) is 0 Å². The highest BCUT2D eigenvalue weighted by molar-refractivity contribution is 5.96. The van der Waals surface area contributed by atoms with E-state index in [-0.39, 0.29) is 6.04 Å². The SMILES string of the molecule is FC(F)(F)c1ccc(C2=CC=CC3NCCCC3=N2)cc1. The first-order valence-corrected chi connectivity index (χ1v) is 6.91. The molecular weight excluding hydrogens is 277 g/mol. The normalized spacial score (nSPS) is 22.1. The van der Waals surface area contributed by atoms with Gasteiger partial charge >= 0.3 is 6.18 Å². The van der Waals surface area contributed by atoms with E-state index in [1.54, 1.807) is 0 Å². The zero-order chi connectivity index (χ0) is 14.9. The Labute approximate surface area is 121 Å². The van der Waals surface area contributed by atoms with E-state index >= 15 is 0 Å². The van der Waals surface area contributed by atoms with Gasteiger partial charge in [0.2, 0.25) is 0 Å². The highest BCUT2D eigenvalue weighted by Gasteiger charge is 2.30. The molecule has 0 aromatic heterocycles. The summed E-state index contributed by atoms with van der Waals surface area (Å²) >= 11 is 0. The number of alkyl halides is 3. The van der Waals surface area contributed by atoms with Crippen molar-refractivity contribution in [3.63, 3.8) is 0 Å². The van der Waals surface area contributed by atoms with Gasteiger partial charge in [0.1, 0.15) is 0 Å². The number of halogens is 3. The number of rotatable bonds is 1. The zero-order valence-electron chi connectivity index (χ0n) is 11.3. The number of piperidine rings is 1. The molecule has 1 fully saturated rings. The van der Waals surface area contributed by atoms with Crippen LogP contribution in [0, 0.1) is 0 Å². The maximum Gasteiger partial charge on any atom is 0.416 e. The number of allylic oxidation sites excluding steroid dienone is 2. The molecule has 1 aromatic carbocycles. The topological polar surface area (TPSA) is 24.4 Å². The van der Waals surface area contributed by atoms with Gasteiger partial charge < -0.3 is 5.32 Å². The lowest BCUT2D eigenvalue weighted by molar-refractivity contribution is -0.137. The van der Waals surface area contributed by atoms with Crippen molar-refractivity contribution in [2.45, 2.75) is 25.1 Å². The van der Waals surface area contributed by atoms with E-state index in [0.717, 1.165) is 37.2 Å². The second kappa shape index (κ2) is 5.48. The zero-order valence-corrected chi connectivity index (χ0v) is 11.3. The van der Waals surface area contributed by atoms with Crippen LogP contribution in [0.4, 0.5) is 13.2 Å². The fourth-order valence-electron chi connectivity index (χ4n) is 2.55. The molecule has 2 aliphatic heterocycles. The summed E-state index contributed by atoms with van der Waals surface area (Å²) in [5.74, 6) is 0. The predicted molar refractivity (Wildman–Crippen MR) is 77.0 cm³/mol. The third-order valence-electron chi connectivity index (χ3n) is 3.66. The van der Waals surface area contributed by atoms with Crippen LogP contribution in [-0.4, -0.2) is 18.3 Å². The Kier molecular flexibility index (Phi) is 3.68. The fraction of sp³-hybridized carbons (Fsp3) is 0.312. The van der Waals surface area contributed by atoms with Gasteiger partial charge in [0.05, 0.1) is 17.3 Å². The van der Waals surface area contributed by atoms with Gasteiger partial charge in [-0.05, 0) is 37.6 Å².